The molecule has 0 saturated heterocycles. The van der Waals surface area contributed by atoms with E-state index in [0.29, 0.717) is 6.54 Å². The highest BCUT2D eigenvalue weighted by Gasteiger charge is 2.16. The maximum Gasteiger partial charge on any atom is 0.256 e. The summed E-state index contributed by atoms with van der Waals surface area (Å²) in [5.74, 6) is 0.196. The Kier molecular flexibility index (Phi) is 6.19. The molecule has 4 nitrogen and oxygen atoms in total. The SMILES string of the molecule is CCCCCc1n(CCC(=O)[O-])cc[n+]1Cc1ccccc1. The van der Waals surface area contributed by atoms with Crippen LogP contribution >= 0.6 is 0 Å². The van der Waals surface area contributed by atoms with Gasteiger partial charge in [-0.05, 0) is 12.0 Å². The summed E-state index contributed by atoms with van der Waals surface area (Å²) in [6.45, 7) is 3.49. The summed E-state index contributed by atoms with van der Waals surface area (Å²) >= 11 is 0. The van der Waals surface area contributed by atoms with Gasteiger partial charge in [0.1, 0.15) is 18.9 Å². The molecule has 2 aromatic rings. The van der Waals surface area contributed by atoms with Gasteiger partial charge in [0.25, 0.3) is 5.82 Å². The van der Waals surface area contributed by atoms with Crippen LogP contribution in [0.25, 0.3) is 0 Å². The number of aromatic nitrogens is 2. The molecule has 0 spiro atoms. The van der Waals surface area contributed by atoms with Crippen molar-refractivity contribution in [3.63, 3.8) is 0 Å². The molecule has 1 aromatic heterocycles. The maximum absolute atomic E-state index is 10.7. The van der Waals surface area contributed by atoms with Crippen molar-refractivity contribution in [2.75, 3.05) is 0 Å². The Morgan fingerprint density at radius 3 is 2.68 bits per heavy atom. The fourth-order valence-electron chi connectivity index (χ4n) is 2.66. The normalized spacial score (nSPS) is 10.8. The fourth-order valence-corrected chi connectivity index (χ4v) is 2.66. The van der Waals surface area contributed by atoms with Crippen molar-refractivity contribution in [3.8, 4) is 0 Å². The molecule has 0 aliphatic rings. The van der Waals surface area contributed by atoms with Crippen LogP contribution in [0.3, 0.4) is 0 Å². The molecule has 0 radical (unpaired) electrons. The van der Waals surface area contributed by atoms with Crippen molar-refractivity contribution in [1.82, 2.24) is 4.57 Å². The van der Waals surface area contributed by atoms with E-state index < -0.39 is 5.97 Å². The van der Waals surface area contributed by atoms with Gasteiger partial charge >= 0.3 is 0 Å². The summed E-state index contributed by atoms with van der Waals surface area (Å²) in [4.78, 5) is 10.7. The second kappa shape index (κ2) is 8.37. The number of aryl methyl sites for hydroxylation is 1. The number of hydrogen-bond donors (Lipinski definition) is 0. The first-order chi connectivity index (χ1) is 10.7. The Morgan fingerprint density at radius 1 is 1.23 bits per heavy atom. The zero-order chi connectivity index (χ0) is 15.8. The van der Waals surface area contributed by atoms with Crippen LogP contribution in [0.4, 0.5) is 0 Å². The molecule has 118 valence electrons. The maximum atomic E-state index is 10.7. The van der Waals surface area contributed by atoms with E-state index in [1.165, 1.54) is 24.2 Å². The van der Waals surface area contributed by atoms with E-state index in [9.17, 15) is 9.90 Å². The Labute approximate surface area is 132 Å². The third kappa shape index (κ3) is 4.72. The Morgan fingerprint density at radius 2 is 2.00 bits per heavy atom. The van der Waals surface area contributed by atoms with E-state index in [4.69, 9.17) is 0 Å². The van der Waals surface area contributed by atoms with Gasteiger partial charge in [-0.15, -0.1) is 0 Å². The first-order valence-electron chi connectivity index (χ1n) is 8.02. The van der Waals surface area contributed by atoms with E-state index in [1.54, 1.807) is 0 Å². The first-order valence-corrected chi connectivity index (χ1v) is 8.02. The third-order valence-corrected chi connectivity index (χ3v) is 3.85. The molecule has 0 fully saturated rings. The molecule has 22 heavy (non-hydrogen) atoms. The zero-order valence-corrected chi connectivity index (χ0v) is 13.2. The number of unbranched alkanes of at least 4 members (excludes halogenated alkanes) is 2. The smallest absolute Gasteiger partial charge is 0.256 e. The van der Waals surface area contributed by atoms with Crippen LogP contribution in [0.1, 0.15) is 44.0 Å². The lowest BCUT2D eigenvalue weighted by Gasteiger charge is -2.06. The number of benzene rings is 1. The van der Waals surface area contributed by atoms with E-state index >= 15 is 0 Å². The van der Waals surface area contributed by atoms with Gasteiger partial charge in [0, 0.05) is 18.8 Å². The molecule has 1 heterocycles. The van der Waals surface area contributed by atoms with Crippen LogP contribution in [-0.2, 0) is 24.3 Å². The number of aliphatic carboxylic acids is 1. The molecule has 1 aromatic carbocycles. The first kappa shape index (κ1) is 16.3. The number of carbonyl (C=O) groups excluding carboxylic acids is 1. The van der Waals surface area contributed by atoms with Crippen LogP contribution in [-0.4, -0.2) is 10.5 Å². The van der Waals surface area contributed by atoms with Crippen molar-refractivity contribution in [2.45, 2.75) is 52.1 Å². The quantitative estimate of drug-likeness (QED) is 0.523. The number of carboxylic acid groups (broad SMARTS) is 1. The van der Waals surface area contributed by atoms with Crippen LogP contribution in [0.15, 0.2) is 42.7 Å². The Bertz CT molecular complexity index is 590. The third-order valence-electron chi connectivity index (χ3n) is 3.85. The number of carbonyl (C=O) groups is 1. The van der Waals surface area contributed by atoms with Gasteiger partial charge in [0.2, 0.25) is 0 Å². The van der Waals surface area contributed by atoms with Gasteiger partial charge < -0.3 is 9.90 Å². The second-order valence-corrected chi connectivity index (χ2v) is 5.60. The molecule has 2 rings (SSSR count). The van der Waals surface area contributed by atoms with E-state index in [2.05, 4.69) is 28.2 Å². The predicted octanol–water partition coefficient (Wildman–Crippen LogP) is 1.70. The van der Waals surface area contributed by atoms with Crippen LogP contribution < -0.4 is 9.67 Å². The lowest BCUT2D eigenvalue weighted by molar-refractivity contribution is -0.695. The van der Waals surface area contributed by atoms with Gasteiger partial charge in [-0.3, -0.25) is 0 Å². The summed E-state index contributed by atoms with van der Waals surface area (Å²) in [6.07, 6.45) is 8.55. The molecule has 0 saturated carbocycles. The molecule has 0 atom stereocenters. The monoisotopic (exact) mass is 300 g/mol. The van der Waals surface area contributed by atoms with Crippen LogP contribution in [0, 0.1) is 0 Å². The summed E-state index contributed by atoms with van der Waals surface area (Å²) in [7, 11) is 0. The number of hydrogen-bond acceptors (Lipinski definition) is 2. The summed E-state index contributed by atoms with van der Waals surface area (Å²) in [5, 5.41) is 10.7. The summed E-state index contributed by atoms with van der Waals surface area (Å²) in [6, 6.07) is 10.3. The summed E-state index contributed by atoms with van der Waals surface area (Å²) in [5.41, 5.74) is 1.25. The lowest BCUT2D eigenvalue weighted by Crippen LogP contribution is -2.38. The van der Waals surface area contributed by atoms with Crippen molar-refractivity contribution < 1.29 is 14.5 Å². The van der Waals surface area contributed by atoms with Gasteiger partial charge in [0.15, 0.2) is 0 Å². The minimum absolute atomic E-state index is 0.0563. The molecule has 0 bridgehead atoms. The van der Waals surface area contributed by atoms with Gasteiger partial charge in [0.05, 0.1) is 6.54 Å². The molecule has 0 amide bonds. The minimum Gasteiger partial charge on any atom is -0.550 e. The van der Waals surface area contributed by atoms with Gasteiger partial charge in [-0.25, -0.2) is 9.13 Å². The fraction of sp³-hybridized carbons (Fsp3) is 0.444. The second-order valence-electron chi connectivity index (χ2n) is 5.60. The zero-order valence-electron chi connectivity index (χ0n) is 13.2. The highest BCUT2D eigenvalue weighted by atomic mass is 16.4. The molecular formula is C18H24N2O2. The topological polar surface area (TPSA) is 48.9 Å². The van der Waals surface area contributed by atoms with Crippen molar-refractivity contribution in [3.05, 3.63) is 54.1 Å². The van der Waals surface area contributed by atoms with Gasteiger partial charge in [-0.2, -0.15) is 0 Å². The molecule has 4 heteroatoms. The van der Waals surface area contributed by atoms with Crippen molar-refractivity contribution in [2.24, 2.45) is 0 Å². The molecule has 0 N–H and O–H groups in total. The lowest BCUT2D eigenvalue weighted by atomic mass is 10.2. The molecule has 0 aliphatic carbocycles. The highest BCUT2D eigenvalue weighted by Crippen LogP contribution is 2.07. The van der Waals surface area contributed by atoms with Gasteiger partial charge in [-0.1, -0.05) is 50.1 Å². The van der Waals surface area contributed by atoms with E-state index in [-0.39, 0.29) is 6.42 Å². The Balaban J connectivity index is 2.14. The van der Waals surface area contributed by atoms with E-state index in [0.717, 1.165) is 19.4 Å². The number of imidazole rings is 1. The Hall–Kier alpha value is -2.10. The molecule has 0 aliphatic heterocycles. The largest absolute Gasteiger partial charge is 0.550 e. The van der Waals surface area contributed by atoms with E-state index in [1.807, 2.05) is 30.6 Å². The average molecular weight is 300 g/mol. The summed E-state index contributed by atoms with van der Waals surface area (Å²) < 4.78 is 4.27. The number of nitrogens with zero attached hydrogens (tertiary/aromatic N) is 2. The number of rotatable bonds is 9. The van der Waals surface area contributed by atoms with Crippen molar-refractivity contribution >= 4 is 5.97 Å². The molecule has 0 unspecified atom stereocenters. The number of carboxylic acids is 1. The predicted molar refractivity (Wildman–Crippen MR) is 83.0 cm³/mol. The molecular weight excluding hydrogens is 276 g/mol. The van der Waals surface area contributed by atoms with Crippen LogP contribution in [0.2, 0.25) is 0 Å². The highest BCUT2D eigenvalue weighted by molar-refractivity contribution is 5.64. The van der Waals surface area contributed by atoms with Crippen molar-refractivity contribution in [1.29, 1.82) is 0 Å². The average Bonchev–Trinajstić information content (AvgIpc) is 2.89. The standard InChI is InChI=1S/C18H24N2O2/c1-2-3-5-10-17-19(12-11-18(21)22)13-14-20(17)15-16-8-6-4-7-9-16/h4,6-9,13-14H,2-3,5,10-12,15H2,1H3. The van der Waals surface area contributed by atoms with Crippen LogP contribution in [0.5, 0.6) is 0 Å². The minimum atomic E-state index is -0.997.